The van der Waals surface area contributed by atoms with Crippen LogP contribution in [-0.4, -0.2) is 33.5 Å². The fourth-order valence-corrected chi connectivity index (χ4v) is 1.84. The van der Waals surface area contributed by atoms with Crippen LogP contribution in [0.25, 0.3) is 0 Å². The van der Waals surface area contributed by atoms with Crippen LogP contribution in [0.15, 0.2) is 0 Å². The summed E-state index contributed by atoms with van der Waals surface area (Å²) in [6.45, 7) is 3.24. The van der Waals surface area contributed by atoms with Crippen LogP contribution in [-0.2, 0) is 9.59 Å². The molecule has 0 saturated carbocycles. The van der Waals surface area contributed by atoms with Gasteiger partial charge in [0.25, 0.3) is 0 Å². The van der Waals surface area contributed by atoms with Gasteiger partial charge in [-0.15, -0.1) is 11.8 Å². The van der Waals surface area contributed by atoms with Crippen molar-refractivity contribution in [3.8, 4) is 0 Å². The molecule has 0 aliphatic heterocycles. The highest BCUT2D eigenvalue weighted by atomic mass is 32.2. The monoisotopic (exact) mass is 234 g/mol. The van der Waals surface area contributed by atoms with Gasteiger partial charge in [0.1, 0.15) is 5.25 Å². The largest absolute Gasteiger partial charge is 0.480 e. The van der Waals surface area contributed by atoms with Gasteiger partial charge in [0.15, 0.2) is 0 Å². The van der Waals surface area contributed by atoms with E-state index in [9.17, 15) is 14.4 Å². The second-order valence-electron chi connectivity index (χ2n) is 2.87. The van der Waals surface area contributed by atoms with Crippen LogP contribution >= 0.6 is 11.8 Å². The zero-order chi connectivity index (χ0) is 12.0. The average molecular weight is 234 g/mol. The molecule has 0 rings (SSSR count). The van der Waals surface area contributed by atoms with Gasteiger partial charge >= 0.3 is 12.0 Å². The van der Waals surface area contributed by atoms with Crippen molar-refractivity contribution < 1.29 is 19.5 Å². The lowest BCUT2D eigenvalue weighted by atomic mass is 10.3. The summed E-state index contributed by atoms with van der Waals surface area (Å²) in [5, 5.41) is 9.36. The minimum Gasteiger partial charge on any atom is -0.480 e. The molecule has 0 aromatic carbocycles. The molecule has 0 bridgehead atoms. The van der Waals surface area contributed by atoms with Crippen molar-refractivity contribution in [2.75, 3.05) is 0 Å². The number of rotatable bonds is 5. The van der Waals surface area contributed by atoms with E-state index in [0.717, 1.165) is 11.8 Å². The molecule has 0 heterocycles. The molecule has 3 amide bonds. The molecule has 6 nitrogen and oxygen atoms in total. The van der Waals surface area contributed by atoms with Crippen LogP contribution in [0.1, 0.15) is 20.3 Å². The van der Waals surface area contributed by atoms with Gasteiger partial charge in [-0.1, -0.05) is 6.92 Å². The zero-order valence-corrected chi connectivity index (χ0v) is 9.34. The Morgan fingerprint density at radius 1 is 1.47 bits per heavy atom. The second-order valence-corrected chi connectivity index (χ2v) is 4.42. The number of aliphatic carboxylic acids is 1. The molecule has 2 atom stereocenters. The number of thioether (sulfide) groups is 1. The molecule has 86 valence electrons. The number of nitrogens with one attached hydrogen (secondary N) is 1. The number of carboxylic acid groups (broad SMARTS) is 1. The van der Waals surface area contributed by atoms with Gasteiger partial charge in [0.05, 0.1) is 5.25 Å². The predicted molar refractivity (Wildman–Crippen MR) is 56.5 cm³/mol. The van der Waals surface area contributed by atoms with Crippen molar-refractivity contribution in [2.24, 2.45) is 5.73 Å². The molecule has 15 heavy (non-hydrogen) atoms. The molecular formula is C8H14N2O4S. The number of nitrogens with two attached hydrogens (primary N) is 1. The first-order valence-electron chi connectivity index (χ1n) is 4.37. The predicted octanol–water partition coefficient (Wildman–Crippen LogP) is 0.166. The number of carboxylic acids is 1. The maximum atomic E-state index is 11.2. The Morgan fingerprint density at radius 2 is 2.00 bits per heavy atom. The van der Waals surface area contributed by atoms with Crippen molar-refractivity contribution in [1.29, 1.82) is 0 Å². The summed E-state index contributed by atoms with van der Waals surface area (Å²) >= 11 is 0.984. The Kier molecular flexibility index (Phi) is 5.76. The van der Waals surface area contributed by atoms with E-state index >= 15 is 0 Å². The number of carbonyl (C=O) groups excluding carboxylic acids is 2. The van der Waals surface area contributed by atoms with Crippen LogP contribution in [0.3, 0.4) is 0 Å². The van der Waals surface area contributed by atoms with E-state index < -0.39 is 28.4 Å². The third-order valence-corrected chi connectivity index (χ3v) is 3.12. The van der Waals surface area contributed by atoms with Crippen LogP contribution in [0.4, 0.5) is 4.79 Å². The van der Waals surface area contributed by atoms with Crippen LogP contribution in [0.5, 0.6) is 0 Å². The van der Waals surface area contributed by atoms with E-state index in [4.69, 9.17) is 10.8 Å². The number of urea groups is 1. The van der Waals surface area contributed by atoms with Crippen molar-refractivity contribution in [3.05, 3.63) is 0 Å². The van der Waals surface area contributed by atoms with E-state index in [1.165, 1.54) is 6.92 Å². The van der Waals surface area contributed by atoms with Gasteiger partial charge < -0.3 is 10.8 Å². The molecule has 0 aliphatic carbocycles. The highest BCUT2D eigenvalue weighted by molar-refractivity contribution is 8.01. The lowest BCUT2D eigenvalue weighted by Crippen LogP contribution is -2.40. The van der Waals surface area contributed by atoms with Crippen LogP contribution < -0.4 is 11.1 Å². The smallest absolute Gasteiger partial charge is 0.318 e. The SMILES string of the molecule is CCC(SC(C)C(=O)NC(N)=O)C(=O)O. The summed E-state index contributed by atoms with van der Waals surface area (Å²) in [5.74, 6) is -1.55. The Morgan fingerprint density at radius 3 is 2.33 bits per heavy atom. The standard InChI is InChI=1S/C8H14N2O4S/c1-3-5(7(12)13)15-4(2)6(11)10-8(9)14/h4-5H,3H2,1-2H3,(H,12,13)(H3,9,10,11,14). The molecule has 0 aromatic rings. The molecule has 7 heteroatoms. The highest BCUT2D eigenvalue weighted by Crippen LogP contribution is 2.20. The Hall–Kier alpha value is -1.24. The van der Waals surface area contributed by atoms with Crippen molar-refractivity contribution in [2.45, 2.75) is 30.8 Å². The number of primary amides is 1. The summed E-state index contributed by atoms with van der Waals surface area (Å²) in [7, 11) is 0. The molecule has 0 fully saturated rings. The third-order valence-electron chi connectivity index (χ3n) is 1.63. The maximum absolute atomic E-state index is 11.2. The molecule has 0 saturated heterocycles. The fraction of sp³-hybridized carbons (Fsp3) is 0.625. The summed E-state index contributed by atoms with van der Waals surface area (Å²) in [6, 6.07) is -0.934. The summed E-state index contributed by atoms with van der Waals surface area (Å²) < 4.78 is 0. The summed E-state index contributed by atoms with van der Waals surface area (Å²) in [6.07, 6.45) is 0.411. The topological polar surface area (TPSA) is 109 Å². The highest BCUT2D eigenvalue weighted by Gasteiger charge is 2.23. The number of amides is 3. The first kappa shape index (κ1) is 13.8. The lowest BCUT2D eigenvalue weighted by molar-refractivity contribution is -0.136. The van der Waals surface area contributed by atoms with Gasteiger partial charge in [-0.2, -0.15) is 0 Å². The average Bonchev–Trinajstić information content (AvgIpc) is 2.11. The molecule has 0 spiro atoms. The van der Waals surface area contributed by atoms with Crippen LogP contribution in [0.2, 0.25) is 0 Å². The Balaban J connectivity index is 4.21. The van der Waals surface area contributed by atoms with E-state index in [-0.39, 0.29) is 0 Å². The molecular weight excluding hydrogens is 220 g/mol. The third kappa shape index (κ3) is 5.26. The summed E-state index contributed by atoms with van der Waals surface area (Å²) in [4.78, 5) is 32.2. The Bertz CT molecular complexity index is 269. The number of hydrogen-bond donors (Lipinski definition) is 3. The van der Waals surface area contributed by atoms with Gasteiger partial charge in [-0.25, -0.2) is 4.79 Å². The van der Waals surface area contributed by atoms with Gasteiger partial charge in [-0.3, -0.25) is 14.9 Å². The lowest BCUT2D eigenvalue weighted by Gasteiger charge is -2.14. The molecule has 4 N–H and O–H groups in total. The van der Waals surface area contributed by atoms with E-state index in [1.807, 2.05) is 5.32 Å². The van der Waals surface area contributed by atoms with E-state index in [2.05, 4.69) is 0 Å². The summed E-state index contributed by atoms with van der Waals surface area (Å²) in [5.41, 5.74) is 4.76. The quantitative estimate of drug-likeness (QED) is 0.628. The van der Waals surface area contributed by atoms with E-state index in [1.54, 1.807) is 6.92 Å². The second kappa shape index (κ2) is 6.28. The molecule has 2 unspecified atom stereocenters. The number of hydrogen-bond acceptors (Lipinski definition) is 4. The number of carbonyl (C=O) groups is 3. The molecule has 0 radical (unpaired) electrons. The molecule has 0 aliphatic rings. The Labute approximate surface area is 91.6 Å². The molecule has 0 aromatic heterocycles. The maximum Gasteiger partial charge on any atom is 0.318 e. The van der Waals surface area contributed by atoms with Gasteiger partial charge in [0, 0.05) is 0 Å². The van der Waals surface area contributed by atoms with E-state index in [0.29, 0.717) is 6.42 Å². The first-order chi connectivity index (χ1) is 6.88. The minimum absolute atomic E-state index is 0.411. The fourth-order valence-electron chi connectivity index (χ4n) is 0.860. The number of imide groups is 1. The van der Waals surface area contributed by atoms with Crippen molar-refractivity contribution in [3.63, 3.8) is 0 Å². The van der Waals surface area contributed by atoms with Gasteiger partial charge in [0.2, 0.25) is 5.91 Å². The normalized spacial score (nSPS) is 14.0. The van der Waals surface area contributed by atoms with Gasteiger partial charge in [-0.05, 0) is 13.3 Å². The van der Waals surface area contributed by atoms with Crippen molar-refractivity contribution in [1.82, 2.24) is 5.32 Å². The van der Waals surface area contributed by atoms with Crippen LogP contribution in [0, 0.1) is 0 Å². The minimum atomic E-state index is -0.971. The first-order valence-corrected chi connectivity index (χ1v) is 5.31. The van der Waals surface area contributed by atoms with Crippen molar-refractivity contribution >= 4 is 29.7 Å². The zero-order valence-electron chi connectivity index (χ0n) is 8.52.